The van der Waals surface area contributed by atoms with E-state index in [2.05, 4.69) is 6.58 Å². The van der Waals surface area contributed by atoms with E-state index in [1.54, 1.807) is 0 Å². The molecule has 0 aromatic rings. The second kappa shape index (κ2) is 21.7. The SMILES string of the molecule is C=C(/C=C/CO[C@@H]1O[C@H](COC(C)=O)[C@@H](OC(C)=O)[C@H](OC(C)=O)[C@H]1OC(C)=O)CO[C@@H]1O[C@H](COC(C)=O)[C@H](OC(C)=O)[C@H](OC(C)=O)[C@H]1OC(C)=O. The maximum absolute atomic E-state index is 12.1. The van der Waals surface area contributed by atoms with Crippen LogP contribution in [-0.2, 0) is 95.2 Å². The lowest BCUT2D eigenvalue weighted by molar-refractivity contribution is -0.306. The van der Waals surface area contributed by atoms with Crippen molar-refractivity contribution >= 4 is 47.8 Å². The van der Waals surface area contributed by atoms with Gasteiger partial charge < -0.3 is 56.8 Å². The van der Waals surface area contributed by atoms with E-state index in [9.17, 15) is 38.4 Å². The second-order valence-electron chi connectivity index (χ2n) is 11.8. The molecule has 10 atom stereocenters. The van der Waals surface area contributed by atoms with Gasteiger partial charge in [0.25, 0.3) is 0 Å². The molecular formula is C34H46O20. The van der Waals surface area contributed by atoms with Crippen LogP contribution in [0.5, 0.6) is 0 Å². The van der Waals surface area contributed by atoms with Gasteiger partial charge in [0.1, 0.15) is 25.4 Å². The van der Waals surface area contributed by atoms with Gasteiger partial charge in [0, 0.05) is 55.4 Å². The predicted octanol–water partition coefficient (Wildman–Crippen LogP) is 0.298. The third-order valence-electron chi connectivity index (χ3n) is 7.04. The highest BCUT2D eigenvalue weighted by Crippen LogP contribution is 2.31. The van der Waals surface area contributed by atoms with E-state index < -0.39 is 122 Å². The molecule has 302 valence electrons. The highest BCUT2D eigenvalue weighted by molar-refractivity contribution is 5.70. The van der Waals surface area contributed by atoms with Gasteiger partial charge in [0.05, 0.1) is 13.2 Å². The van der Waals surface area contributed by atoms with E-state index in [1.165, 1.54) is 12.2 Å². The van der Waals surface area contributed by atoms with Crippen LogP contribution in [-0.4, -0.2) is 136 Å². The minimum absolute atomic E-state index is 0.244. The highest BCUT2D eigenvalue weighted by atomic mass is 16.7. The third-order valence-corrected chi connectivity index (χ3v) is 7.04. The lowest BCUT2D eigenvalue weighted by Crippen LogP contribution is -2.63. The predicted molar refractivity (Wildman–Crippen MR) is 174 cm³/mol. The summed E-state index contributed by atoms with van der Waals surface area (Å²) < 4.78 is 65.7. The Morgan fingerprint density at radius 2 is 0.815 bits per heavy atom. The van der Waals surface area contributed by atoms with Crippen molar-refractivity contribution in [2.24, 2.45) is 0 Å². The van der Waals surface area contributed by atoms with Crippen LogP contribution in [0.15, 0.2) is 24.3 Å². The van der Waals surface area contributed by atoms with Crippen molar-refractivity contribution in [2.75, 3.05) is 26.4 Å². The Labute approximate surface area is 310 Å². The van der Waals surface area contributed by atoms with Crippen LogP contribution < -0.4 is 0 Å². The van der Waals surface area contributed by atoms with Gasteiger partial charge in [-0.3, -0.25) is 38.4 Å². The summed E-state index contributed by atoms with van der Waals surface area (Å²) in [7, 11) is 0. The topological polar surface area (TPSA) is 247 Å². The molecule has 2 fully saturated rings. The molecule has 2 saturated heterocycles. The molecule has 0 aromatic heterocycles. The molecule has 0 unspecified atom stereocenters. The molecule has 20 heteroatoms. The van der Waals surface area contributed by atoms with Gasteiger partial charge in [-0.15, -0.1) is 0 Å². The van der Waals surface area contributed by atoms with Gasteiger partial charge in [-0.05, 0) is 5.57 Å². The number of hydrogen-bond donors (Lipinski definition) is 0. The zero-order valence-corrected chi connectivity index (χ0v) is 31.1. The Morgan fingerprint density at radius 3 is 1.17 bits per heavy atom. The molecule has 0 N–H and O–H groups in total. The molecule has 0 amide bonds. The first-order valence-corrected chi connectivity index (χ1v) is 16.5. The van der Waals surface area contributed by atoms with Crippen LogP contribution in [0.3, 0.4) is 0 Å². The van der Waals surface area contributed by atoms with Gasteiger partial charge in [0.15, 0.2) is 49.2 Å². The average Bonchev–Trinajstić information content (AvgIpc) is 3.03. The summed E-state index contributed by atoms with van der Waals surface area (Å²) in [6.45, 7) is 11.3. The van der Waals surface area contributed by atoms with Crippen LogP contribution >= 0.6 is 0 Å². The van der Waals surface area contributed by atoms with Crippen molar-refractivity contribution in [3.8, 4) is 0 Å². The Kier molecular flexibility index (Phi) is 18.2. The summed E-state index contributed by atoms with van der Waals surface area (Å²) in [6.07, 6.45) is -10.9. The summed E-state index contributed by atoms with van der Waals surface area (Å²) in [5.41, 5.74) is 0.285. The normalized spacial score (nSPS) is 27.8. The molecule has 2 aliphatic heterocycles. The van der Waals surface area contributed by atoms with E-state index in [0.29, 0.717) is 0 Å². The smallest absolute Gasteiger partial charge is 0.303 e. The van der Waals surface area contributed by atoms with E-state index in [1.807, 2.05) is 0 Å². The molecule has 54 heavy (non-hydrogen) atoms. The number of hydrogen-bond acceptors (Lipinski definition) is 20. The Morgan fingerprint density at radius 1 is 0.481 bits per heavy atom. The number of carbonyl (C=O) groups excluding carboxylic acids is 8. The fourth-order valence-corrected chi connectivity index (χ4v) is 5.25. The zero-order valence-electron chi connectivity index (χ0n) is 31.1. The van der Waals surface area contributed by atoms with Crippen LogP contribution in [0, 0.1) is 0 Å². The summed E-state index contributed by atoms with van der Waals surface area (Å²) in [5.74, 6) is -6.20. The molecule has 2 rings (SSSR count). The Bertz CT molecular complexity index is 1420. The average molecular weight is 775 g/mol. The van der Waals surface area contributed by atoms with E-state index >= 15 is 0 Å². The molecule has 20 nitrogen and oxygen atoms in total. The van der Waals surface area contributed by atoms with Gasteiger partial charge in [-0.1, -0.05) is 18.7 Å². The summed E-state index contributed by atoms with van der Waals surface area (Å²) >= 11 is 0. The minimum Gasteiger partial charge on any atom is -0.463 e. The van der Waals surface area contributed by atoms with E-state index in [-0.39, 0.29) is 18.8 Å². The molecule has 0 saturated carbocycles. The third kappa shape index (κ3) is 15.2. The van der Waals surface area contributed by atoms with Gasteiger partial charge >= 0.3 is 47.8 Å². The maximum atomic E-state index is 12.1. The number of esters is 8. The number of rotatable bonds is 17. The molecule has 0 spiro atoms. The Hall–Kier alpha value is -4.92. The summed E-state index contributed by atoms with van der Waals surface area (Å²) in [5, 5.41) is 0. The van der Waals surface area contributed by atoms with Gasteiger partial charge in [0.2, 0.25) is 0 Å². The Balaban J connectivity index is 2.26. The van der Waals surface area contributed by atoms with Gasteiger partial charge in [-0.25, -0.2) is 0 Å². The molecule has 2 heterocycles. The number of carbonyl (C=O) groups is 8. The molecule has 2 aliphatic rings. The fourth-order valence-electron chi connectivity index (χ4n) is 5.25. The standard InChI is InChI=1S/C34H46O20/c1-16(13-46-34-32(52-24(9)42)30(50-22(7)40)28(48-20(5)38)26(54-34)15-45-18(3)36)11-10-12-43-33-31(51-23(8)41)29(49-21(6)39)27(47-19(4)37)25(53-33)14-44-17(2)35/h10-11,25-34H,1,12-15H2,2-9H3/b11-10+/t25-,26-,27-,28+,29+,30+,31-,32-,33-,34-/m1/s1. The van der Waals surface area contributed by atoms with Gasteiger partial charge in [-0.2, -0.15) is 0 Å². The fraction of sp³-hybridized carbons (Fsp3) is 0.647. The first-order chi connectivity index (χ1) is 25.3. The van der Waals surface area contributed by atoms with Crippen LogP contribution in [0.1, 0.15) is 55.4 Å². The second-order valence-corrected chi connectivity index (χ2v) is 11.8. The minimum atomic E-state index is -1.45. The molecule has 0 aromatic carbocycles. The quantitative estimate of drug-likeness (QED) is 0.109. The van der Waals surface area contributed by atoms with Crippen LogP contribution in [0.4, 0.5) is 0 Å². The van der Waals surface area contributed by atoms with Crippen LogP contribution in [0.2, 0.25) is 0 Å². The van der Waals surface area contributed by atoms with E-state index in [0.717, 1.165) is 55.4 Å². The molecule has 0 radical (unpaired) electrons. The van der Waals surface area contributed by atoms with E-state index in [4.69, 9.17) is 56.8 Å². The molecule has 0 aliphatic carbocycles. The lowest BCUT2D eigenvalue weighted by atomic mass is 9.98. The first-order valence-electron chi connectivity index (χ1n) is 16.5. The van der Waals surface area contributed by atoms with Crippen molar-refractivity contribution < 1.29 is 95.2 Å². The van der Waals surface area contributed by atoms with Crippen molar-refractivity contribution in [3.05, 3.63) is 24.3 Å². The van der Waals surface area contributed by atoms with Crippen molar-refractivity contribution in [1.29, 1.82) is 0 Å². The zero-order chi connectivity index (χ0) is 40.7. The highest BCUT2D eigenvalue weighted by Gasteiger charge is 2.54. The lowest BCUT2D eigenvalue weighted by Gasteiger charge is -2.44. The van der Waals surface area contributed by atoms with Crippen molar-refractivity contribution in [3.63, 3.8) is 0 Å². The van der Waals surface area contributed by atoms with Crippen molar-refractivity contribution in [1.82, 2.24) is 0 Å². The largest absolute Gasteiger partial charge is 0.463 e. The first kappa shape index (κ1) is 45.2. The van der Waals surface area contributed by atoms with Crippen molar-refractivity contribution in [2.45, 2.75) is 117 Å². The molecular weight excluding hydrogens is 728 g/mol. The summed E-state index contributed by atoms with van der Waals surface area (Å²) in [4.78, 5) is 95.2. The van der Waals surface area contributed by atoms with Crippen LogP contribution in [0.25, 0.3) is 0 Å². The summed E-state index contributed by atoms with van der Waals surface area (Å²) in [6, 6.07) is 0. The maximum Gasteiger partial charge on any atom is 0.303 e. The monoisotopic (exact) mass is 774 g/mol. The molecule has 0 bridgehead atoms. The number of ether oxygens (including phenoxy) is 12.